The second-order valence-electron chi connectivity index (χ2n) is 4.10. The van der Waals surface area contributed by atoms with E-state index in [0.29, 0.717) is 0 Å². The normalized spacial score (nSPS) is 45.6. The molecule has 4 atom stereocenters. The van der Waals surface area contributed by atoms with Gasteiger partial charge in [-0.15, -0.1) is 0 Å². The first kappa shape index (κ1) is 8.65. The van der Waals surface area contributed by atoms with Gasteiger partial charge in [-0.1, -0.05) is 36.5 Å². The van der Waals surface area contributed by atoms with Crippen molar-refractivity contribution in [1.29, 1.82) is 0 Å². The van der Waals surface area contributed by atoms with Gasteiger partial charge in [0.1, 0.15) is 0 Å². The van der Waals surface area contributed by atoms with Crippen LogP contribution in [0.15, 0.2) is 36.5 Å². The fourth-order valence-electron chi connectivity index (χ4n) is 2.57. The van der Waals surface area contributed by atoms with Crippen LogP contribution in [-0.4, -0.2) is 11.9 Å². The standard InChI is InChI=1S/C12H10O3/c13-11-9-7-3-1-2-4-8(6-5-7)10(9)12(14)15-11/h1-10H/b3-1-,4-2-. The summed E-state index contributed by atoms with van der Waals surface area (Å²) in [5, 5.41) is 0. The van der Waals surface area contributed by atoms with Crippen LogP contribution in [0.3, 0.4) is 0 Å². The molecule has 76 valence electrons. The van der Waals surface area contributed by atoms with E-state index in [1.807, 2.05) is 36.5 Å². The van der Waals surface area contributed by atoms with Crippen LogP contribution >= 0.6 is 0 Å². The fraction of sp³-hybridized carbons (Fsp3) is 0.333. The summed E-state index contributed by atoms with van der Waals surface area (Å²) in [6.45, 7) is 0. The van der Waals surface area contributed by atoms with E-state index in [-0.39, 0.29) is 35.6 Å². The van der Waals surface area contributed by atoms with Crippen molar-refractivity contribution < 1.29 is 14.3 Å². The Morgan fingerprint density at radius 1 is 0.800 bits per heavy atom. The van der Waals surface area contributed by atoms with Crippen molar-refractivity contribution in [2.45, 2.75) is 0 Å². The van der Waals surface area contributed by atoms with E-state index in [2.05, 4.69) is 0 Å². The maximum atomic E-state index is 11.5. The van der Waals surface area contributed by atoms with Crippen molar-refractivity contribution in [2.24, 2.45) is 23.7 Å². The second kappa shape index (κ2) is 2.92. The summed E-state index contributed by atoms with van der Waals surface area (Å²) in [6.07, 6.45) is 11.7. The van der Waals surface area contributed by atoms with E-state index in [1.54, 1.807) is 0 Å². The molecule has 0 radical (unpaired) electrons. The Balaban J connectivity index is 2.12. The molecule has 3 nitrogen and oxygen atoms in total. The highest BCUT2D eigenvalue weighted by Crippen LogP contribution is 2.42. The average Bonchev–Trinajstić information content (AvgIpc) is 2.43. The lowest BCUT2D eigenvalue weighted by molar-refractivity contribution is -0.154. The molecule has 0 aromatic rings. The van der Waals surface area contributed by atoms with Crippen LogP contribution in [0.1, 0.15) is 0 Å². The Morgan fingerprint density at radius 3 is 1.73 bits per heavy atom. The largest absolute Gasteiger partial charge is 0.393 e. The number of cyclic esters (lactones) is 2. The Kier molecular flexibility index (Phi) is 1.69. The van der Waals surface area contributed by atoms with Crippen LogP contribution in [0.2, 0.25) is 0 Å². The maximum Gasteiger partial charge on any atom is 0.318 e. The molecule has 0 saturated carbocycles. The fourth-order valence-corrected chi connectivity index (χ4v) is 2.57. The predicted octanol–water partition coefficient (Wildman–Crippen LogP) is 1.23. The maximum absolute atomic E-state index is 11.5. The number of rotatable bonds is 0. The van der Waals surface area contributed by atoms with Crippen molar-refractivity contribution in [2.75, 3.05) is 0 Å². The average molecular weight is 202 g/mol. The summed E-state index contributed by atoms with van der Waals surface area (Å²) in [5.41, 5.74) is 0. The van der Waals surface area contributed by atoms with E-state index in [0.717, 1.165) is 0 Å². The summed E-state index contributed by atoms with van der Waals surface area (Å²) >= 11 is 0. The molecule has 2 aliphatic carbocycles. The number of fused-ring (bicyclic) bond motifs is 5. The van der Waals surface area contributed by atoms with Crippen LogP contribution in [0.25, 0.3) is 0 Å². The lowest BCUT2D eigenvalue weighted by Crippen LogP contribution is -2.32. The molecule has 0 aromatic carbocycles. The minimum absolute atomic E-state index is 0.00940. The van der Waals surface area contributed by atoms with Crippen molar-refractivity contribution in [3.63, 3.8) is 0 Å². The third kappa shape index (κ3) is 1.12. The minimum atomic E-state index is -0.371. The highest BCUT2D eigenvalue weighted by atomic mass is 16.6. The SMILES string of the molecule is O=C1OC(=O)C2C3C=CC(/C=C\C=C/3)C12. The zero-order valence-electron chi connectivity index (χ0n) is 8.00. The first-order chi connectivity index (χ1) is 7.27. The first-order valence-electron chi connectivity index (χ1n) is 5.06. The molecule has 2 bridgehead atoms. The molecule has 3 rings (SSSR count). The molecule has 1 fully saturated rings. The van der Waals surface area contributed by atoms with Crippen molar-refractivity contribution in [1.82, 2.24) is 0 Å². The third-order valence-corrected chi connectivity index (χ3v) is 3.30. The van der Waals surface area contributed by atoms with Gasteiger partial charge in [-0.3, -0.25) is 9.59 Å². The van der Waals surface area contributed by atoms with Crippen LogP contribution in [-0.2, 0) is 14.3 Å². The lowest BCUT2D eigenvalue weighted by atomic mass is 9.70. The van der Waals surface area contributed by atoms with Gasteiger partial charge in [0.25, 0.3) is 0 Å². The topological polar surface area (TPSA) is 43.4 Å². The number of esters is 2. The van der Waals surface area contributed by atoms with Crippen LogP contribution in [0.5, 0.6) is 0 Å². The van der Waals surface area contributed by atoms with E-state index < -0.39 is 0 Å². The first-order valence-corrected chi connectivity index (χ1v) is 5.06. The van der Waals surface area contributed by atoms with Crippen molar-refractivity contribution >= 4 is 11.9 Å². The lowest BCUT2D eigenvalue weighted by Gasteiger charge is -2.28. The number of carbonyl (C=O) groups excluding carboxylic acids is 2. The van der Waals surface area contributed by atoms with Gasteiger partial charge < -0.3 is 4.74 Å². The number of carbonyl (C=O) groups is 2. The molecule has 1 saturated heterocycles. The molecule has 4 unspecified atom stereocenters. The zero-order valence-corrected chi connectivity index (χ0v) is 8.00. The Labute approximate surface area is 87.1 Å². The van der Waals surface area contributed by atoms with E-state index >= 15 is 0 Å². The predicted molar refractivity (Wildman–Crippen MR) is 52.5 cm³/mol. The van der Waals surface area contributed by atoms with Gasteiger partial charge in [-0.2, -0.15) is 0 Å². The third-order valence-electron chi connectivity index (χ3n) is 3.30. The van der Waals surface area contributed by atoms with Crippen molar-refractivity contribution in [3.05, 3.63) is 36.5 Å². The van der Waals surface area contributed by atoms with Gasteiger partial charge in [0, 0.05) is 11.8 Å². The van der Waals surface area contributed by atoms with Crippen molar-refractivity contribution in [3.8, 4) is 0 Å². The number of allylic oxidation sites excluding steroid dienone is 6. The van der Waals surface area contributed by atoms with E-state index in [4.69, 9.17) is 4.74 Å². The monoisotopic (exact) mass is 202 g/mol. The molecule has 15 heavy (non-hydrogen) atoms. The van der Waals surface area contributed by atoms with Gasteiger partial charge in [0.05, 0.1) is 11.8 Å². The number of hydrogen-bond donors (Lipinski definition) is 0. The Hall–Kier alpha value is -1.64. The van der Waals surface area contributed by atoms with Crippen LogP contribution in [0, 0.1) is 23.7 Å². The van der Waals surface area contributed by atoms with Gasteiger partial charge in [0.2, 0.25) is 0 Å². The Morgan fingerprint density at radius 2 is 1.27 bits per heavy atom. The van der Waals surface area contributed by atoms with Gasteiger partial charge in [-0.05, 0) is 0 Å². The van der Waals surface area contributed by atoms with Gasteiger partial charge in [-0.25, -0.2) is 0 Å². The Bertz CT molecular complexity index is 379. The summed E-state index contributed by atoms with van der Waals surface area (Å²) in [6, 6.07) is 0. The quantitative estimate of drug-likeness (QED) is 0.337. The molecule has 0 amide bonds. The summed E-state index contributed by atoms with van der Waals surface area (Å²) in [4.78, 5) is 23.1. The second-order valence-corrected chi connectivity index (χ2v) is 4.10. The number of hydrogen-bond acceptors (Lipinski definition) is 3. The summed E-state index contributed by atoms with van der Waals surface area (Å²) in [7, 11) is 0. The molecule has 0 N–H and O–H groups in total. The highest BCUT2D eigenvalue weighted by molar-refractivity contribution is 5.97. The van der Waals surface area contributed by atoms with E-state index in [9.17, 15) is 9.59 Å². The summed E-state index contributed by atoms with van der Waals surface area (Å²) in [5.74, 6) is -1.35. The molecular weight excluding hydrogens is 192 g/mol. The van der Waals surface area contributed by atoms with Gasteiger partial charge in [0.15, 0.2) is 0 Å². The molecule has 1 heterocycles. The smallest absolute Gasteiger partial charge is 0.318 e. The highest BCUT2D eigenvalue weighted by Gasteiger charge is 2.51. The van der Waals surface area contributed by atoms with Crippen LogP contribution < -0.4 is 0 Å². The molecule has 3 aliphatic rings. The minimum Gasteiger partial charge on any atom is -0.393 e. The molecule has 3 heteroatoms. The molecule has 0 aromatic heterocycles. The molecule has 1 aliphatic heterocycles. The molecular formula is C12H10O3. The summed E-state index contributed by atoms with van der Waals surface area (Å²) < 4.78 is 4.71. The molecule has 0 spiro atoms. The van der Waals surface area contributed by atoms with E-state index in [1.165, 1.54) is 0 Å². The zero-order chi connectivity index (χ0) is 10.4. The van der Waals surface area contributed by atoms with Gasteiger partial charge >= 0.3 is 11.9 Å². The van der Waals surface area contributed by atoms with Crippen LogP contribution in [0.4, 0.5) is 0 Å². The number of ether oxygens (including phenoxy) is 1.